The third kappa shape index (κ3) is 3.70. The molecule has 0 aliphatic heterocycles. The number of carbonyl (C=O) groups is 2. The zero-order valence-electron chi connectivity index (χ0n) is 15.4. The van der Waals surface area contributed by atoms with Crippen LogP contribution in [0.25, 0.3) is 10.2 Å². The highest BCUT2D eigenvalue weighted by molar-refractivity contribution is 7.18. The molecule has 9 heteroatoms. The molecule has 28 heavy (non-hydrogen) atoms. The van der Waals surface area contributed by atoms with E-state index in [1.165, 1.54) is 29.4 Å². The monoisotopic (exact) mass is 399 g/mol. The van der Waals surface area contributed by atoms with Crippen molar-refractivity contribution in [1.82, 2.24) is 9.88 Å². The van der Waals surface area contributed by atoms with Gasteiger partial charge in [-0.3, -0.25) is 14.9 Å². The second kappa shape index (κ2) is 7.73. The summed E-state index contributed by atoms with van der Waals surface area (Å²) in [5.41, 5.74) is 0.469. The van der Waals surface area contributed by atoms with Crippen LogP contribution in [-0.4, -0.2) is 40.8 Å². The van der Waals surface area contributed by atoms with Gasteiger partial charge >= 0.3 is 5.97 Å². The van der Waals surface area contributed by atoms with Gasteiger partial charge in [-0.05, 0) is 25.1 Å². The van der Waals surface area contributed by atoms with Crippen LogP contribution in [-0.2, 0) is 4.74 Å². The van der Waals surface area contributed by atoms with Crippen molar-refractivity contribution in [1.29, 1.82) is 0 Å². The van der Waals surface area contributed by atoms with E-state index in [4.69, 9.17) is 0 Å². The van der Waals surface area contributed by atoms with Gasteiger partial charge in [0.15, 0.2) is 0 Å². The lowest BCUT2D eigenvalue weighted by atomic mass is 10.1. The molecule has 3 aromatic rings. The summed E-state index contributed by atoms with van der Waals surface area (Å²) in [5.74, 6) is -1.21. The maximum atomic E-state index is 12.9. The predicted molar refractivity (Wildman–Crippen MR) is 105 cm³/mol. The molecular formula is C19H17N3O5S. The number of thiazole rings is 1. The lowest BCUT2D eigenvalue weighted by Gasteiger charge is -2.23. The third-order valence-corrected chi connectivity index (χ3v) is 5.57. The Kier molecular flexibility index (Phi) is 5.36. The van der Waals surface area contributed by atoms with Crippen LogP contribution in [0.15, 0.2) is 42.5 Å². The first-order valence-corrected chi connectivity index (χ1v) is 9.14. The van der Waals surface area contributed by atoms with E-state index in [2.05, 4.69) is 9.72 Å². The zero-order valence-corrected chi connectivity index (χ0v) is 16.2. The number of rotatable bonds is 5. The van der Waals surface area contributed by atoms with E-state index < -0.39 is 16.8 Å². The quantitative estimate of drug-likeness (QED) is 0.367. The molecule has 0 unspecified atom stereocenters. The minimum atomic E-state index is -0.750. The fourth-order valence-corrected chi connectivity index (χ4v) is 3.75. The van der Waals surface area contributed by atoms with Crippen molar-refractivity contribution in [3.05, 3.63) is 68.7 Å². The molecule has 3 rings (SSSR count). The number of para-hydroxylation sites is 1. The first-order chi connectivity index (χ1) is 13.3. The summed E-state index contributed by atoms with van der Waals surface area (Å²) >= 11 is 1.48. The molecule has 0 saturated carbocycles. The summed E-state index contributed by atoms with van der Waals surface area (Å²) in [6.07, 6.45) is 0. The summed E-state index contributed by atoms with van der Waals surface area (Å²) in [5, 5.41) is 11.9. The topological polar surface area (TPSA) is 103 Å². The Morgan fingerprint density at radius 1 is 1.21 bits per heavy atom. The molecule has 0 aliphatic carbocycles. The zero-order chi connectivity index (χ0) is 20.4. The average molecular weight is 399 g/mol. The number of ether oxygens (including phenoxy) is 1. The predicted octanol–water partition coefficient (Wildman–Crippen LogP) is 3.82. The number of non-ortho nitro benzene ring substituents is 1. The number of nitro benzene ring substituents is 1. The Morgan fingerprint density at radius 2 is 1.89 bits per heavy atom. The Hall–Kier alpha value is -3.33. The number of amides is 1. The smallest absolute Gasteiger partial charge is 0.338 e. The van der Waals surface area contributed by atoms with Crippen molar-refractivity contribution in [2.75, 3.05) is 14.2 Å². The first-order valence-electron chi connectivity index (χ1n) is 8.32. The molecule has 0 fully saturated rings. The molecule has 1 amide bonds. The van der Waals surface area contributed by atoms with Gasteiger partial charge in [-0.1, -0.05) is 12.1 Å². The number of hydrogen-bond donors (Lipinski definition) is 0. The molecule has 0 N–H and O–H groups in total. The Balaban J connectivity index is 1.94. The number of nitrogens with zero attached hydrogens (tertiary/aromatic N) is 3. The molecule has 2 aromatic carbocycles. The number of nitro groups is 1. The normalized spacial score (nSPS) is 11.8. The molecular weight excluding hydrogens is 382 g/mol. The van der Waals surface area contributed by atoms with E-state index >= 15 is 0 Å². The number of aromatic nitrogens is 1. The van der Waals surface area contributed by atoms with E-state index in [1.54, 1.807) is 7.05 Å². The molecule has 1 atom stereocenters. The SMILES string of the molecule is COC(=O)c1cc(C(=O)N(C)[C@@H](C)c2nc3ccccc3s2)cc([N+](=O)[O-])c1. The van der Waals surface area contributed by atoms with Gasteiger partial charge in [0.2, 0.25) is 0 Å². The Labute approximate surface area is 164 Å². The van der Waals surface area contributed by atoms with Crippen LogP contribution in [0.5, 0.6) is 0 Å². The van der Waals surface area contributed by atoms with E-state index in [9.17, 15) is 19.7 Å². The maximum Gasteiger partial charge on any atom is 0.338 e. The average Bonchev–Trinajstić information content (AvgIpc) is 3.15. The molecule has 144 valence electrons. The number of methoxy groups -OCH3 is 1. The lowest BCUT2D eigenvalue weighted by Crippen LogP contribution is -2.29. The summed E-state index contributed by atoms with van der Waals surface area (Å²) in [7, 11) is 2.76. The van der Waals surface area contributed by atoms with Crippen LogP contribution in [0.3, 0.4) is 0 Å². The second-order valence-corrected chi connectivity index (χ2v) is 7.19. The van der Waals surface area contributed by atoms with Crippen molar-refractivity contribution in [3.8, 4) is 0 Å². The molecule has 8 nitrogen and oxygen atoms in total. The van der Waals surface area contributed by atoms with Crippen LogP contribution in [0, 0.1) is 10.1 Å². The van der Waals surface area contributed by atoms with Gasteiger partial charge in [0.05, 0.1) is 33.9 Å². The number of esters is 1. The highest BCUT2D eigenvalue weighted by Crippen LogP contribution is 2.30. The van der Waals surface area contributed by atoms with Gasteiger partial charge in [-0.15, -0.1) is 11.3 Å². The summed E-state index contributed by atoms with van der Waals surface area (Å²) < 4.78 is 5.63. The van der Waals surface area contributed by atoms with Crippen LogP contribution >= 0.6 is 11.3 Å². The molecule has 1 heterocycles. The van der Waals surface area contributed by atoms with E-state index in [0.29, 0.717) is 0 Å². The van der Waals surface area contributed by atoms with Crippen LogP contribution in [0.1, 0.15) is 38.7 Å². The van der Waals surface area contributed by atoms with Gasteiger partial charge in [-0.25, -0.2) is 9.78 Å². The Bertz CT molecular complexity index is 1050. The molecule has 0 bridgehead atoms. The molecule has 1 aromatic heterocycles. The largest absolute Gasteiger partial charge is 0.465 e. The summed E-state index contributed by atoms with van der Waals surface area (Å²) in [6, 6.07) is 10.8. The highest BCUT2D eigenvalue weighted by Gasteiger charge is 2.25. The molecule has 0 aliphatic rings. The minimum absolute atomic E-state index is 0.0325. The van der Waals surface area contributed by atoms with Crippen LogP contribution in [0.2, 0.25) is 0 Å². The highest BCUT2D eigenvalue weighted by atomic mass is 32.1. The van der Waals surface area contributed by atoms with E-state index in [1.807, 2.05) is 31.2 Å². The molecule has 0 saturated heterocycles. The first kappa shape index (κ1) is 19.4. The number of fused-ring (bicyclic) bond motifs is 1. The van der Waals surface area contributed by atoms with Crippen molar-refractivity contribution in [2.24, 2.45) is 0 Å². The van der Waals surface area contributed by atoms with Crippen LogP contribution < -0.4 is 0 Å². The second-order valence-electron chi connectivity index (χ2n) is 6.13. The van der Waals surface area contributed by atoms with Gasteiger partial charge in [-0.2, -0.15) is 0 Å². The fourth-order valence-electron chi connectivity index (χ4n) is 2.69. The van der Waals surface area contributed by atoms with Gasteiger partial charge in [0.25, 0.3) is 11.6 Å². The van der Waals surface area contributed by atoms with Gasteiger partial charge < -0.3 is 9.64 Å². The number of benzene rings is 2. The van der Waals surface area contributed by atoms with Gasteiger partial charge in [0.1, 0.15) is 5.01 Å². The molecule has 0 radical (unpaired) electrons. The lowest BCUT2D eigenvalue weighted by molar-refractivity contribution is -0.384. The number of hydrogen-bond acceptors (Lipinski definition) is 7. The van der Waals surface area contributed by atoms with Gasteiger partial charge in [0, 0.05) is 24.7 Å². The minimum Gasteiger partial charge on any atom is -0.465 e. The van der Waals surface area contributed by atoms with Crippen molar-refractivity contribution in [3.63, 3.8) is 0 Å². The van der Waals surface area contributed by atoms with E-state index in [0.717, 1.165) is 27.4 Å². The third-order valence-electron chi connectivity index (χ3n) is 4.37. The molecule has 0 spiro atoms. The Morgan fingerprint density at radius 3 is 2.54 bits per heavy atom. The standard InChI is InChI=1S/C19H17N3O5S/c1-11(17-20-15-6-4-5-7-16(15)28-17)21(2)18(23)12-8-13(19(24)27-3)10-14(9-12)22(25)26/h4-11H,1-3H3/t11-/m0/s1. The van der Waals surface area contributed by atoms with Crippen molar-refractivity contribution in [2.45, 2.75) is 13.0 Å². The maximum absolute atomic E-state index is 12.9. The van der Waals surface area contributed by atoms with Crippen LogP contribution in [0.4, 0.5) is 5.69 Å². The summed E-state index contributed by atoms with van der Waals surface area (Å²) in [4.78, 5) is 41.3. The fraction of sp³-hybridized carbons (Fsp3) is 0.211. The van der Waals surface area contributed by atoms with E-state index in [-0.39, 0.29) is 22.9 Å². The van der Waals surface area contributed by atoms with Crippen molar-refractivity contribution < 1.29 is 19.2 Å². The van der Waals surface area contributed by atoms with Crippen molar-refractivity contribution >= 4 is 39.1 Å². The number of carbonyl (C=O) groups excluding carboxylic acids is 2. The summed E-state index contributed by atoms with van der Waals surface area (Å²) in [6.45, 7) is 1.83.